The first kappa shape index (κ1) is 34.4. The quantitative estimate of drug-likeness (QED) is 0.401. The van der Waals surface area contributed by atoms with Crippen molar-refractivity contribution in [2.24, 2.45) is 0 Å². The van der Waals surface area contributed by atoms with Gasteiger partial charge < -0.3 is 19.1 Å². The minimum atomic E-state index is -3.98. The van der Waals surface area contributed by atoms with Crippen molar-refractivity contribution in [3.05, 3.63) is 64.7 Å². The summed E-state index contributed by atoms with van der Waals surface area (Å²) in [4.78, 5) is 46.3. The van der Waals surface area contributed by atoms with Crippen LogP contribution in [0.5, 0.6) is 0 Å². The van der Waals surface area contributed by atoms with Crippen LogP contribution >= 0.6 is 0 Å². The highest BCUT2D eigenvalue weighted by atomic mass is 32.2. The normalized spacial score (nSPS) is 19.1. The first-order valence-electron chi connectivity index (χ1n) is 17.7. The average molecular weight is 703 g/mol. The molecule has 266 valence electrons. The number of nitrogens with one attached hydrogen (secondary N) is 1. The lowest BCUT2D eigenvalue weighted by Gasteiger charge is -2.36. The summed E-state index contributed by atoms with van der Waals surface area (Å²) < 4.78 is 35.7. The van der Waals surface area contributed by atoms with E-state index in [4.69, 9.17) is 4.74 Å². The van der Waals surface area contributed by atoms with Gasteiger partial charge in [-0.25, -0.2) is 4.72 Å². The van der Waals surface area contributed by atoms with Crippen LogP contribution in [0, 0.1) is 0 Å². The van der Waals surface area contributed by atoms with E-state index in [-0.39, 0.29) is 17.4 Å². The summed E-state index contributed by atoms with van der Waals surface area (Å²) >= 11 is 0. The zero-order valence-corrected chi connectivity index (χ0v) is 29.7. The van der Waals surface area contributed by atoms with Crippen molar-refractivity contribution < 1.29 is 27.5 Å². The number of aromatic nitrogens is 1. The smallest absolute Gasteiger partial charge is 0.303 e. The van der Waals surface area contributed by atoms with Crippen molar-refractivity contribution in [1.82, 2.24) is 28.3 Å². The molecule has 3 aromatic rings. The van der Waals surface area contributed by atoms with Gasteiger partial charge in [0.2, 0.25) is 5.91 Å². The second kappa shape index (κ2) is 14.3. The second-order valence-corrected chi connectivity index (χ2v) is 15.8. The standard InChI is InChI=1S/C37H46N6O6S/c1-39(2)50(47,48)38-36(45)28-12-13-31-32(23-28)43-24-29(22-27-10-6-7-11-30(27)35(43)34(31)26-8-4-3-5-9-26)37(46)42-16-14-40(15-17-42)25-33(44)41-18-20-49-21-19-41/h6-7,10-13,22-23,26H,3-5,8-9,14-21,24-25H2,1-2H3,(H,38,45). The van der Waals surface area contributed by atoms with Crippen LogP contribution in [-0.4, -0.2) is 123 Å². The van der Waals surface area contributed by atoms with Crippen LogP contribution in [0.3, 0.4) is 0 Å². The first-order chi connectivity index (χ1) is 24.1. The van der Waals surface area contributed by atoms with Gasteiger partial charge in [0.1, 0.15) is 0 Å². The van der Waals surface area contributed by atoms with Gasteiger partial charge in [0, 0.05) is 81.0 Å². The molecule has 50 heavy (non-hydrogen) atoms. The Labute approximate surface area is 293 Å². The van der Waals surface area contributed by atoms with Gasteiger partial charge in [-0.2, -0.15) is 12.7 Å². The number of benzene rings is 2. The number of carbonyl (C=O) groups excluding carboxylic acids is 3. The molecule has 3 aliphatic heterocycles. The molecule has 1 aromatic heterocycles. The van der Waals surface area contributed by atoms with Crippen molar-refractivity contribution in [3.63, 3.8) is 0 Å². The van der Waals surface area contributed by atoms with Gasteiger partial charge in [0.15, 0.2) is 0 Å². The van der Waals surface area contributed by atoms with Crippen LogP contribution in [0.15, 0.2) is 48.0 Å². The fourth-order valence-corrected chi connectivity index (χ4v) is 8.37. The van der Waals surface area contributed by atoms with E-state index in [2.05, 4.69) is 26.3 Å². The number of piperazine rings is 1. The van der Waals surface area contributed by atoms with Crippen molar-refractivity contribution in [2.75, 3.05) is 73.1 Å². The molecule has 1 N–H and O–H groups in total. The molecule has 4 heterocycles. The minimum Gasteiger partial charge on any atom is -0.378 e. The number of hydrogen-bond acceptors (Lipinski definition) is 7. The summed E-state index contributed by atoms with van der Waals surface area (Å²) in [6.45, 7) is 5.29. The maximum absolute atomic E-state index is 14.3. The topological polar surface area (TPSA) is 124 Å². The van der Waals surface area contributed by atoms with E-state index in [1.54, 1.807) is 12.1 Å². The van der Waals surface area contributed by atoms with Crippen molar-refractivity contribution in [2.45, 2.75) is 44.6 Å². The Morgan fingerprint density at radius 2 is 1.62 bits per heavy atom. The van der Waals surface area contributed by atoms with E-state index >= 15 is 0 Å². The van der Waals surface area contributed by atoms with Crippen LogP contribution < -0.4 is 4.72 Å². The van der Waals surface area contributed by atoms with Gasteiger partial charge in [-0.15, -0.1) is 0 Å². The van der Waals surface area contributed by atoms with Crippen molar-refractivity contribution in [1.29, 1.82) is 0 Å². The zero-order chi connectivity index (χ0) is 35.0. The van der Waals surface area contributed by atoms with Crippen LogP contribution in [0.2, 0.25) is 0 Å². The highest BCUT2D eigenvalue weighted by Gasteiger charge is 2.33. The molecule has 2 aromatic carbocycles. The average Bonchev–Trinajstić information content (AvgIpc) is 3.34. The molecule has 4 aliphatic rings. The van der Waals surface area contributed by atoms with Crippen LogP contribution in [0.4, 0.5) is 0 Å². The van der Waals surface area contributed by atoms with Crippen LogP contribution in [0.1, 0.15) is 59.5 Å². The third-order valence-electron chi connectivity index (χ3n) is 10.6. The van der Waals surface area contributed by atoms with E-state index < -0.39 is 16.1 Å². The van der Waals surface area contributed by atoms with Gasteiger partial charge in [-0.05, 0) is 48.1 Å². The monoisotopic (exact) mass is 702 g/mol. The molecule has 0 radical (unpaired) electrons. The Morgan fingerprint density at radius 1 is 0.900 bits per heavy atom. The highest BCUT2D eigenvalue weighted by Crippen LogP contribution is 2.46. The number of hydrogen-bond donors (Lipinski definition) is 1. The van der Waals surface area contributed by atoms with Gasteiger partial charge in [0.25, 0.3) is 11.8 Å². The lowest BCUT2D eigenvalue weighted by atomic mass is 9.81. The summed E-state index contributed by atoms with van der Waals surface area (Å²) in [6.07, 6.45) is 7.64. The third-order valence-corrected chi connectivity index (χ3v) is 12.0. The molecule has 1 aliphatic carbocycles. The number of rotatable bonds is 7. The second-order valence-electron chi connectivity index (χ2n) is 14.0. The lowest BCUT2D eigenvalue weighted by molar-refractivity contribution is -0.137. The molecular weight excluding hydrogens is 657 g/mol. The molecule has 0 unspecified atom stereocenters. The molecule has 7 rings (SSSR count). The Hall–Kier alpha value is -4.04. The van der Waals surface area contributed by atoms with Crippen LogP contribution in [0.25, 0.3) is 28.2 Å². The number of amides is 3. The summed E-state index contributed by atoms with van der Waals surface area (Å²) in [6, 6.07) is 13.6. The Kier molecular flexibility index (Phi) is 9.84. The SMILES string of the molecule is CN(C)S(=O)(=O)NC(=O)c1ccc2c(C3CCCCC3)c3n(c2c1)CC(C(=O)N1CCN(CC(=O)N2CCOCC2)CC1)=Cc1ccccc1-3. The lowest BCUT2D eigenvalue weighted by Crippen LogP contribution is -2.53. The van der Waals surface area contributed by atoms with E-state index in [9.17, 15) is 22.8 Å². The maximum atomic E-state index is 14.3. The number of ether oxygens (including phenoxy) is 1. The summed E-state index contributed by atoms with van der Waals surface area (Å²) in [5, 5.41) is 1.03. The summed E-state index contributed by atoms with van der Waals surface area (Å²) in [5.41, 5.74) is 5.99. The van der Waals surface area contributed by atoms with Crippen LogP contribution in [-0.2, 0) is 31.1 Å². The van der Waals surface area contributed by atoms with Crippen molar-refractivity contribution in [3.8, 4) is 11.3 Å². The number of nitrogens with zero attached hydrogens (tertiary/aromatic N) is 5. The fraction of sp³-hybridized carbons (Fsp3) is 0.486. The van der Waals surface area contributed by atoms with Gasteiger partial charge in [-0.1, -0.05) is 49.6 Å². The third kappa shape index (κ3) is 6.83. The molecule has 0 atom stereocenters. The molecule has 3 amide bonds. The molecule has 2 saturated heterocycles. The van der Waals surface area contributed by atoms with Gasteiger partial charge in [-0.3, -0.25) is 19.3 Å². The molecule has 1 saturated carbocycles. The Morgan fingerprint density at radius 3 is 2.34 bits per heavy atom. The Balaban J connectivity index is 1.22. The molecule has 0 spiro atoms. The molecule has 12 nitrogen and oxygen atoms in total. The number of morpholine rings is 1. The number of carbonyl (C=O) groups is 3. The first-order valence-corrected chi connectivity index (χ1v) is 19.1. The fourth-order valence-electron chi connectivity index (χ4n) is 7.83. The van der Waals surface area contributed by atoms with E-state index in [0.29, 0.717) is 77.1 Å². The van der Waals surface area contributed by atoms with E-state index in [1.165, 1.54) is 26.1 Å². The molecule has 13 heteroatoms. The van der Waals surface area contributed by atoms with Gasteiger partial charge >= 0.3 is 10.2 Å². The van der Waals surface area contributed by atoms with E-state index in [0.717, 1.165) is 57.7 Å². The van der Waals surface area contributed by atoms with Gasteiger partial charge in [0.05, 0.1) is 32.0 Å². The Bertz CT molecular complexity index is 1930. The zero-order valence-electron chi connectivity index (χ0n) is 28.9. The highest BCUT2D eigenvalue weighted by molar-refractivity contribution is 7.87. The summed E-state index contributed by atoms with van der Waals surface area (Å²) in [7, 11) is -1.24. The van der Waals surface area contributed by atoms with E-state index in [1.807, 2.05) is 34.1 Å². The predicted octanol–water partition coefficient (Wildman–Crippen LogP) is 3.29. The maximum Gasteiger partial charge on any atom is 0.303 e. The minimum absolute atomic E-state index is 0.0427. The molecule has 0 bridgehead atoms. The summed E-state index contributed by atoms with van der Waals surface area (Å²) in [5.74, 6) is -0.320. The van der Waals surface area contributed by atoms with Crippen molar-refractivity contribution >= 4 is 44.9 Å². The largest absolute Gasteiger partial charge is 0.378 e. The number of fused-ring (bicyclic) bond motifs is 5. The molecule has 3 fully saturated rings. The predicted molar refractivity (Wildman–Crippen MR) is 192 cm³/mol. The molecular formula is C37H46N6O6S.